The van der Waals surface area contributed by atoms with Crippen molar-refractivity contribution in [1.82, 2.24) is 14.5 Å². The van der Waals surface area contributed by atoms with Gasteiger partial charge < -0.3 is 8.98 Å². The fraction of sp³-hybridized carbons (Fsp3) is 0.111. The van der Waals surface area contributed by atoms with E-state index in [4.69, 9.17) is 4.42 Å². The highest BCUT2D eigenvalue weighted by molar-refractivity contribution is 9.10. The second kappa shape index (κ2) is 6.75. The van der Waals surface area contributed by atoms with Crippen LogP contribution in [-0.2, 0) is 7.05 Å². The number of carbonyl (C=O) groups is 1. The Labute approximate surface area is 165 Å². The van der Waals surface area contributed by atoms with Gasteiger partial charge in [-0.2, -0.15) is 0 Å². The van der Waals surface area contributed by atoms with Crippen LogP contribution in [0.3, 0.4) is 0 Å². The van der Waals surface area contributed by atoms with Gasteiger partial charge >= 0.3 is 0 Å². The van der Waals surface area contributed by atoms with Gasteiger partial charge in [-0.15, -0.1) is 11.3 Å². The van der Waals surface area contributed by atoms with E-state index in [1.54, 1.807) is 14.0 Å². The van der Waals surface area contributed by atoms with Gasteiger partial charge in [0.25, 0.3) is 11.5 Å². The van der Waals surface area contributed by atoms with Gasteiger partial charge in [0.1, 0.15) is 17.5 Å². The number of aromatic nitrogens is 3. The first-order chi connectivity index (χ1) is 12.9. The van der Waals surface area contributed by atoms with E-state index >= 15 is 0 Å². The summed E-state index contributed by atoms with van der Waals surface area (Å²) in [6.45, 7) is 1.63. The molecule has 136 valence electrons. The number of carbonyl (C=O) groups excluding carboxylic acids is 1. The SMILES string of the molecule is Cc1oc2ncn(C)c(=O)c2c1C(=O)Nc1nc(-c2cccc(Br)c2)cs1. The molecule has 3 aromatic heterocycles. The fourth-order valence-electron chi connectivity index (χ4n) is 2.73. The van der Waals surface area contributed by atoms with E-state index in [0.29, 0.717) is 10.9 Å². The van der Waals surface area contributed by atoms with Crippen molar-refractivity contribution in [3.05, 3.63) is 62.1 Å². The molecule has 0 bridgehead atoms. The predicted molar refractivity (Wildman–Crippen MR) is 107 cm³/mol. The normalized spacial score (nSPS) is 11.1. The van der Waals surface area contributed by atoms with Crippen molar-refractivity contribution in [1.29, 1.82) is 0 Å². The van der Waals surface area contributed by atoms with Gasteiger partial charge in [-0.05, 0) is 19.1 Å². The lowest BCUT2D eigenvalue weighted by Crippen LogP contribution is -2.20. The molecule has 0 aliphatic heterocycles. The van der Waals surface area contributed by atoms with Crippen molar-refractivity contribution in [3.8, 4) is 11.3 Å². The average Bonchev–Trinajstić information content (AvgIpc) is 3.22. The Hall–Kier alpha value is -2.78. The van der Waals surface area contributed by atoms with E-state index < -0.39 is 5.91 Å². The molecule has 0 radical (unpaired) electrons. The van der Waals surface area contributed by atoms with Gasteiger partial charge in [0.15, 0.2) is 5.13 Å². The second-order valence-electron chi connectivity index (χ2n) is 5.88. The molecule has 4 rings (SSSR count). The number of halogens is 1. The Balaban J connectivity index is 1.68. The van der Waals surface area contributed by atoms with Gasteiger partial charge in [0.2, 0.25) is 5.71 Å². The summed E-state index contributed by atoms with van der Waals surface area (Å²) in [6, 6.07) is 7.74. The van der Waals surface area contributed by atoms with Crippen LogP contribution in [0.4, 0.5) is 5.13 Å². The molecule has 0 aliphatic carbocycles. The molecule has 0 aliphatic rings. The highest BCUT2D eigenvalue weighted by Crippen LogP contribution is 2.28. The van der Waals surface area contributed by atoms with Crippen LogP contribution in [-0.4, -0.2) is 20.4 Å². The molecule has 4 aromatic rings. The van der Waals surface area contributed by atoms with Crippen molar-refractivity contribution in [2.75, 3.05) is 5.32 Å². The molecule has 0 saturated carbocycles. The number of anilines is 1. The van der Waals surface area contributed by atoms with Gasteiger partial charge in [0, 0.05) is 22.5 Å². The van der Waals surface area contributed by atoms with Crippen molar-refractivity contribution < 1.29 is 9.21 Å². The van der Waals surface area contributed by atoms with Crippen LogP contribution in [0.25, 0.3) is 22.4 Å². The van der Waals surface area contributed by atoms with Gasteiger partial charge in [-0.1, -0.05) is 28.1 Å². The molecule has 0 unspecified atom stereocenters. The van der Waals surface area contributed by atoms with Crippen LogP contribution in [0.1, 0.15) is 16.1 Å². The lowest BCUT2D eigenvalue weighted by molar-refractivity contribution is 0.102. The molecule has 1 aromatic carbocycles. The average molecular weight is 445 g/mol. The van der Waals surface area contributed by atoms with Gasteiger partial charge in [-0.25, -0.2) is 9.97 Å². The van der Waals surface area contributed by atoms with Crippen LogP contribution in [0.5, 0.6) is 0 Å². The lowest BCUT2D eigenvalue weighted by atomic mass is 10.2. The minimum Gasteiger partial charge on any atom is -0.442 e. The van der Waals surface area contributed by atoms with Crippen molar-refractivity contribution in [2.45, 2.75) is 6.92 Å². The molecule has 1 N–H and O–H groups in total. The lowest BCUT2D eigenvalue weighted by Gasteiger charge is -2.01. The molecule has 0 saturated heterocycles. The van der Waals surface area contributed by atoms with Crippen LogP contribution >= 0.6 is 27.3 Å². The molecule has 7 nitrogen and oxygen atoms in total. The maximum absolute atomic E-state index is 12.8. The third kappa shape index (κ3) is 3.19. The number of nitrogens with one attached hydrogen (secondary N) is 1. The predicted octanol–water partition coefficient (Wildman–Crippen LogP) is 3.97. The van der Waals surface area contributed by atoms with Gasteiger partial charge in [-0.3, -0.25) is 14.9 Å². The molecule has 0 fully saturated rings. The van der Waals surface area contributed by atoms with E-state index in [0.717, 1.165) is 15.7 Å². The largest absolute Gasteiger partial charge is 0.442 e. The number of aryl methyl sites for hydroxylation is 2. The number of rotatable bonds is 3. The van der Waals surface area contributed by atoms with E-state index in [1.165, 1.54) is 22.2 Å². The van der Waals surface area contributed by atoms with E-state index in [9.17, 15) is 9.59 Å². The summed E-state index contributed by atoms with van der Waals surface area (Å²) in [4.78, 5) is 33.7. The van der Waals surface area contributed by atoms with Crippen LogP contribution in [0.15, 0.2) is 49.7 Å². The maximum Gasteiger partial charge on any atom is 0.265 e. The Morgan fingerprint density at radius 2 is 2.19 bits per heavy atom. The number of benzene rings is 1. The molecule has 3 heterocycles. The summed E-state index contributed by atoms with van der Waals surface area (Å²) < 4.78 is 7.73. The van der Waals surface area contributed by atoms with Crippen molar-refractivity contribution in [2.24, 2.45) is 7.05 Å². The molecular formula is C18H13BrN4O3S. The molecule has 9 heteroatoms. The van der Waals surface area contributed by atoms with Crippen LogP contribution in [0, 0.1) is 6.92 Å². The highest BCUT2D eigenvalue weighted by Gasteiger charge is 2.23. The number of furan rings is 1. The monoisotopic (exact) mass is 444 g/mol. The Bertz CT molecular complexity index is 1240. The summed E-state index contributed by atoms with van der Waals surface area (Å²) in [5.74, 6) is -0.117. The van der Waals surface area contributed by atoms with Crippen molar-refractivity contribution >= 4 is 49.4 Å². The zero-order valence-electron chi connectivity index (χ0n) is 14.3. The number of fused-ring (bicyclic) bond motifs is 1. The zero-order chi connectivity index (χ0) is 19.1. The Morgan fingerprint density at radius 1 is 1.37 bits per heavy atom. The third-order valence-electron chi connectivity index (χ3n) is 4.02. The number of amides is 1. The minimum atomic E-state index is -0.452. The van der Waals surface area contributed by atoms with E-state index in [-0.39, 0.29) is 22.2 Å². The van der Waals surface area contributed by atoms with Gasteiger partial charge in [0.05, 0.1) is 11.3 Å². The first-order valence-corrected chi connectivity index (χ1v) is 9.59. The van der Waals surface area contributed by atoms with E-state index in [2.05, 4.69) is 31.2 Å². The first-order valence-electron chi connectivity index (χ1n) is 7.91. The summed E-state index contributed by atoms with van der Waals surface area (Å²) in [6.07, 6.45) is 1.36. The second-order valence-corrected chi connectivity index (χ2v) is 7.65. The smallest absolute Gasteiger partial charge is 0.265 e. The Morgan fingerprint density at radius 3 is 2.96 bits per heavy atom. The molecule has 1 amide bonds. The fourth-order valence-corrected chi connectivity index (χ4v) is 3.85. The highest BCUT2D eigenvalue weighted by atomic mass is 79.9. The summed E-state index contributed by atoms with van der Waals surface area (Å²) >= 11 is 4.74. The molecule has 0 atom stereocenters. The summed E-state index contributed by atoms with van der Waals surface area (Å²) in [5.41, 5.74) is 1.68. The maximum atomic E-state index is 12.8. The number of thiazole rings is 1. The number of nitrogens with zero attached hydrogens (tertiary/aromatic N) is 3. The third-order valence-corrected chi connectivity index (χ3v) is 5.27. The van der Waals surface area contributed by atoms with Crippen molar-refractivity contribution in [3.63, 3.8) is 0 Å². The minimum absolute atomic E-state index is 0.148. The Kier molecular flexibility index (Phi) is 4.40. The zero-order valence-corrected chi connectivity index (χ0v) is 16.7. The number of hydrogen-bond acceptors (Lipinski definition) is 6. The molecule has 0 spiro atoms. The standard InChI is InChI=1S/C18H13BrN4O3S/c1-9-13(14-16(26-9)20-8-23(2)17(14)25)15(24)22-18-21-12(7-27-18)10-4-3-5-11(19)6-10/h3-8H,1-2H3,(H,21,22,24). The first kappa shape index (κ1) is 17.6. The van der Waals surface area contributed by atoms with E-state index in [1.807, 2.05) is 29.6 Å². The van der Waals surface area contributed by atoms with Crippen LogP contribution < -0.4 is 10.9 Å². The quantitative estimate of drug-likeness (QED) is 0.516. The molecular weight excluding hydrogens is 432 g/mol. The summed E-state index contributed by atoms with van der Waals surface area (Å²) in [7, 11) is 1.57. The number of hydrogen-bond donors (Lipinski definition) is 1. The van der Waals surface area contributed by atoms with Crippen LogP contribution in [0.2, 0.25) is 0 Å². The summed E-state index contributed by atoms with van der Waals surface area (Å²) in [5, 5.41) is 5.21. The topological polar surface area (TPSA) is 90.0 Å². The molecule has 27 heavy (non-hydrogen) atoms.